The van der Waals surface area contributed by atoms with Gasteiger partial charge in [-0.05, 0) is 6.07 Å². The van der Waals surface area contributed by atoms with E-state index >= 15 is 0 Å². The number of carbonyl (C=O) groups is 2. The lowest BCUT2D eigenvalue weighted by molar-refractivity contribution is 0.0689. The number of carboxylic acids is 2. The monoisotopic (exact) mass is 170 g/mol. The second kappa shape index (κ2) is 2.57. The van der Waals surface area contributed by atoms with E-state index in [1.165, 1.54) is 0 Å². The second-order valence-corrected chi connectivity index (χ2v) is 2.12. The van der Waals surface area contributed by atoms with Gasteiger partial charge in [-0.1, -0.05) is 0 Å². The second-order valence-electron chi connectivity index (χ2n) is 2.12. The van der Waals surface area contributed by atoms with Crippen LogP contribution in [0.25, 0.3) is 0 Å². The highest BCUT2D eigenvalue weighted by molar-refractivity contribution is 5.97. The van der Waals surface area contributed by atoms with Gasteiger partial charge in [-0.3, -0.25) is 0 Å². The number of H-pyrrole nitrogens is 1. The molecule has 0 bridgehead atoms. The molecule has 0 saturated heterocycles. The van der Waals surface area contributed by atoms with E-state index < -0.39 is 11.9 Å². The fraction of sp³-hybridized carbons (Fsp3) is 0. The molecule has 0 aliphatic rings. The molecule has 1 aromatic rings. The van der Waals surface area contributed by atoms with Crippen LogP contribution in [0.5, 0.6) is 0 Å². The summed E-state index contributed by atoms with van der Waals surface area (Å²) in [4.78, 5) is 22.9. The fourth-order valence-corrected chi connectivity index (χ4v) is 0.763. The Labute approximate surface area is 66.6 Å². The Hall–Kier alpha value is -1.98. The largest absolute Gasteiger partial charge is 0.478 e. The molecule has 5 N–H and O–H groups in total. The number of anilines is 1. The van der Waals surface area contributed by atoms with Gasteiger partial charge < -0.3 is 20.9 Å². The maximum absolute atomic E-state index is 10.4. The molecule has 0 radical (unpaired) electrons. The first-order valence-electron chi connectivity index (χ1n) is 2.97. The van der Waals surface area contributed by atoms with Crippen molar-refractivity contribution in [2.75, 3.05) is 5.73 Å². The third kappa shape index (κ3) is 1.22. The van der Waals surface area contributed by atoms with Gasteiger partial charge in [-0.15, -0.1) is 0 Å². The van der Waals surface area contributed by atoms with Crippen molar-refractivity contribution in [2.45, 2.75) is 0 Å². The van der Waals surface area contributed by atoms with E-state index in [9.17, 15) is 9.59 Å². The van der Waals surface area contributed by atoms with Crippen molar-refractivity contribution >= 4 is 17.8 Å². The van der Waals surface area contributed by atoms with E-state index in [0.29, 0.717) is 0 Å². The van der Waals surface area contributed by atoms with Crippen molar-refractivity contribution in [3.63, 3.8) is 0 Å². The highest BCUT2D eigenvalue weighted by Gasteiger charge is 2.15. The van der Waals surface area contributed by atoms with Crippen LogP contribution in [0.15, 0.2) is 6.07 Å². The summed E-state index contributed by atoms with van der Waals surface area (Å²) in [5.74, 6) is -2.65. The van der Waals surface area contributed by atoms with Crippen molar-refractivity contribution in [3.05, 3.63) is 17.3 Å². The van der Waals surface area contributed by atoms with Crippen LogP contribution in [0, 0.1) is 0 Å². The van der Waals surface area contributed by atoms with E-state index in [1.54, 1.807) is 0 Å². The Morgan fingerprint density at radius 3 is 2.17 bits per heavy atom. The highest BCUT2D eigenvalue weighted by atomic mass is 16.4. The summed E-state index contributed by atoms with van der Waals surface area (Å²) in [7, 11) is 0. The molecule has 12 heavy (non-hydrogen) atoms. The minimum atomic E-state index is -1.25. The summed E-state index contributed by atoms with van der Waals surface area (Å²) < 4.78 is 0. The predicted molar refractivity (Wildman–Crippen MR) is 39.1 cm³/mol. The molecular weight excluding hydrogens is 164 g/mol. The number of nitrogens with one attached hydrogen (secondary N) is 1. The Kier molecular flexibility index (Phi) is 1.74. The first kappa shape index (κ1) is 8.12. The lowest BCUT2D eigenvalue weighted by atomic mass is 10.3. The van der Waals surface area contributed by atoms with Crippen LogP contribution in [0.4, 0.5) is 5.82 Å². The van der Waals surface area contributed by atoms with E-state index in [4.69, 9.17) is 15.9 Å². The summed E-state index contributed by atoms with van der Waals surface area (Å²) in [5.41, 5.74) is 4.72. The summed E-state index contributed by atoms with van der Waals surface area (Å²) in [6, 6.07) is 0.972. The summed E-state index contributed by atoms with van der Waals surface area (Å²) in [6.45, 7) is 0. The van der Waals surface area contributed by atoms with Gasteiger partial charge in [-0.25, -0.2) is 9.59 Å². The van der Waals surface area contributed by atoms with Gasteiger partial charge in [0.05, 0.1) is 0 Å². The number of aromatic amines is 1. The number of nitrogen functional groups attached to an aromatic ring is 1. The summed E-state index contributed by atoms with van der Waals surface area (Å²) in [5, 5.41) is 16.9. The minimum Gasteiger partial charge on any atom is -0.478 e. The molecule has 1 rings (SSSR count). The van der Waals surface area contributed by atoms with Crippen molar-refractivity contribution in [1.29, 1.82) is 0 Å². The van der Waals surface area contributed by atoms with E-state index in [2.05, 4.69) is 4.98 Å². The fourth-order valence-electron chi connectivity index (χ4n) is 0.763. The van der Waals surface area contributed by atoms with E-state index in [-0.39, 0.29) is 17.1 Å². The van der Waals surface area contributed by atoms with Crippen LogP contribution in [0.3, 0.4) is 0 Å². The van der Waals surface area contributed by atoms with Gasteiger partial charge in [0.1, 0.15) is 17.1 Å². The van der Waals surface area contributed by atoms with Crippen molar-refractivity contribution in [1.82, 2.24) is 4.98 Å². The van der Waals surface area contributed by atoms with Crippen LogP contribution < -0.4 is 5.73 Å². The molecule has 0 atom stereocenters. The lowest BCUT2D eigenvalue weighted by Gasteiger charge is -1.87. The van der Waals surface area contributed by atoms with Crippen LogP contribution in [-0.2, 0) is 0 Å². The SMILES string of the molecule is Nc1[nH]c(C(=O)O)cc1C(=O)O. The zero-order valence-corrected chi connectivity index (χ0v) is 5.87. The van der Waals surface area contributed by atoms with Gasteiger partial charge in [-0.2, -0.15) is 0 Å². The van der Waals surface area contributed by atoms with Crippen molar-refractivity contribution in [3.8, 4) is 0 Å². The number of nitrogens with two attached hydrogens (primary N) is 1. The number of rotatable bonds is 2. The molecule has 0 aromatic carbocycles. The molecular formula is C6H6N2O4. The zero-order chi connectivity index (χ0) is 9.30. The smallest absolute Gasteiger partial charge is 0.352 e. The van der Waals surface area contributed by atoms with Crippen LogP contribution in [0.2, 0.25) is 0 Å². The maximum atomic E-state index is 10.4. The normalized spacial score (nSPS) is 9.67. The number of hydrogen-bond acceptors (Lipinski definition) is 3. The lowest BCUT2D eigenvalue weighted by Crippen LogP contribution is -1.98. The van der Waals surface area contributed by atoms with Crippen molar-refractivity contribution in [2.24, 2.45) is 0 Å². The van der Waals surface area contributed by atoms with Crippen LogP contribution in [-0.4, -0.2) is 27.1 Å². The third-order valence-corrected chi connectivity index (χ3v) is 1.31. The molecule has 0 aliphatic heterocycles. The molecule has 0 unspecified atom stereocenters. The molecule has 0 amide bonds. The zero-order valence-electron chi connectivity index (χ0n) is 5.87. The van der Waals surface area contributed by atoms with Crippen LogP contribution >= 0.6 is 0 Å². The molecule has 1 aromatic heterocycles. The average molecular weight is 170 g/mol. The Bertz CT molecular complexity index is 341. The highest BCUT2D eigenvalue weighted by Crippen LogP contribution is 2.12. The molecule has 6 nitrogen and oxygen atoms in total. The number of aromatic carboxylic acids is 2. The molecule has 0 fully saturated rings. The number of carboxylic acid groups (broad SMARTS) is 2. The topological polar surface area (TPSA) is 116 Å². The summed E-state index contributed by atoms with van der Waals surface area (Å²) in [6.07, 6.45) is 0. The molecule has 0 aliphatic carbocycles. The first-order valence-corrected chi connectivity index (χ1v) is 2.97. The molecule has 0 saturated carbocycles. The maximum Gasteiger partial charge on any atom is 0.352 e. The Morgan fingerprint density at radius 1 is 1.33 bits per heavy atom. The standard InChI is InChI=1S/C6H6N2O4/c7-4-2(5(9)10)1-3(8-4)6(11)12/h1,8H,7H2,(H,9,10)(H,11,12). The van der Waals surface area contributed by atoms with E-state index in [1.807, 2.05) is 0 Å². The van der Waals surface area contributed by atoms with Gasteiger partial charge in [0.25, 0.3) is 0 Å². The quantitative estimate of drug-likeness (QED) is 0.498. The van der Waals surface area contributed by atoms with Crippen molar-refractivity contribution < 1.29 is 19.8 Å². The molecule has 1 heterocycles. The predicted octanol–water partition coefficient (Wildman–Crippen LogP) is -0.00670. The number of hydrogen-bond donors (Lipinski definition) is 4. The van der Waals surface area contributed by atoms with Gasteiger partial charge >= 0.3 is 11.9 Å². The summed E-state index contributed by atoms with van der Waals surface area (Å²) >= 11 is 0. The third-order valence-electron chi connectivity index (χ3n) is 1.31. The van der Waals surface area contributed by atoms with Crippen LogP contribution in [0.1, 0.15) is 20.8 Å². The van der Waals surface area contributed by atoms with Gasteiger partial charge in [0.2, 0.25) is 0 Å². The van der Waals surface area contributed by atoms with E-state index in [0.717, 1.165) is 6.07 Å². The number of aromatic nitrogens is 1. The Balaban J connectivity index is 3.17. The minimum absolute atomic E-state index is 0.153. The average Bonchev–Trinajstić information content (AvgIpc) is 2.30. The van der Waals surface area contributed by atoms with Gasteiger partial charge in [0, 0.05) is 0 Å². The molecule has 64 valence electrons. The Morgan fingerprint density at radius 2 is 1.92 bits per heavy atom. The first-order chi connectivity index (χ1) is 5.52. The molecule has 0 spiro atoms. The van der Waals surface area contributed by atoms with Gasteiger partial charge in [0.15, 0.2) is 0 Å². The molecule has 6 heteroatoms.